The molecule has 2 aliphatic rings. The Morgan fingerprint density at radius 1 is 1.56 bits per heavy atom. The second-order valence-electron chi connectivity index (χ2n) is 1.71. The maximum Gasteiger partial charge on any atom is 0.155 e. The van der Waals surface area contributed by atoms with Crippen molar-refractivity contribution in [1.82, 2.24) is 15.6 Å². The van der Waals surface area contributed by atoms with Gasteiger partial charge >= 0.3 is 0 Å². The Morgan fingerprint density at radius 2 is 2.56 bits per heavy atom. The summed E-state index contributed by atoms with van der Waals surface area (Å²) in [5.74, 6) is 0.880. The lowest BCUT2D eigenvalue weighted by Crippen LogP contribution is -2.21. The van der Waals surface area contributed by atoms with Crippen LogP contribution in [0.1, 0.15) is 0 Å². The monoisotopic (exact) mass is 121 g/mol. The van der Waals surface area contributed by atoms with Crippen molar-refractivity contribution in [2.45, 2.75) is 0 Å². The zero-order valence-corrected chi connectivity index (χ0v) is 4.65. The summed E-state index contributed by atoms with van der Waals surface area (Å²) >= 11 is 0. The Morgan fingerprint density at radius 3 is 3.44 bits per heavy atom. The van der Waals surface area contributed by atoms with Gasteiger partial charge in [-0.1, -0.05) is 0 Å². The minimum absolute atomic E-state index is 0.880. The highest BCUT2D eigenvalue weighted by atomic mass is 15.4. The van der Waals surface area contributed by atoms with Crippen LogP contribution in [0.4, 0.5) is 0 Å². The van der Waals surface area contributed by atoms with E-state index in [1.165, 1.54) is 0 Å². The molecule has 0 bridgehead atoms. The molecule has 0 unspecified atom stereocenters. The van der Waals surface area contributed by atoms with Crippen molar-refractivity contribution in [3.63, 3.8) is 0 Å². The van der Waals surface area contributed by atoms with E-state index in [1.54, 1.807) is 18.7 Å². The predicted molar refractivity (Wildman–Crippen MR) is 32.8 cm³/mol. The summed E-state index contributed by atoms with van der Waals surface area (Å²) in [6.45, 7) is 0. The molecule has 0 aromatic rings. The van der Waals surface area contributed by atoms with Crippen LogP contribution < -0.4 is 10.7 Å². The number of fused-ring (bicyclic) bond motifs is 1. The summed E-state index contributed by atoms with van der Waals surface area (Å²) in [6.07, 6.45) is 6.98. The summed E-state index contributed by atoms with van der Waals surface area (Å²) in [5, 5.41) is 7.79. The SMILES string of the molecule is C1=CN2C=NNC=C2[N]1. The van der Waals surface area contributed by atoms with Gasteiger partial charge in [-0.05, 0) is 0 Å². The molecule has 0 aliphatic carbocycles. The zero-order valence-electron chi connectivity index (χ0n) is 4.65. The first-order valence-corrected chi connectivity index (χ1v) is 2.61. The van der Waals surface area contributed by atoms with E-state index in [0.29, 0.717) is 0 Å². The molecule has 0 saturated carbocycles. The molecule has 2 heterocycles. The highest BCUT2D eigenvalue weighted by Gasteiger charge is 2.11. The molecule has 0 aromatic heterocycles. The van der Waals surface area contributed by atoms with Crippen molar-refractivity contribution >= 4 is 6.34 Å². The van der Waals surface area contributed by atoms with Crippen molar-refractivity contribution in [1.29, 1.82) is 0 Å². The zero-order chi connectivity index (χ0) is 6.10. The maximum absolute atomic E-state index is 4.01. The Kier molecular flexibility index (Phi) is 0.745. The van der Waals surface area contributed by atoms with Crippen LogP contribution in [-0.4, -0.2) is 11.2 Å². The van der Waals surface area contributed by atoms with Crippen molar-refractivity contribution in [3.05, 3.63) is 24.4 Å². The molecule has 9 heavy (non-hydrogen) atoms. The molecule has 0 amide bonds. The number of hydrogen-bond acceptors (Lipinski definition) is 3. The molecular weight excluding hydrogens is 116 g/mol. The minimum atomic E-state index is 0.880. The number of rotatable bonds is 0. The minimum Gasteiger partial charge on any atom is -0.288 e. The molecule has 0 fully saturated rings. The average molecular weight is 121 g/mol. The van der Waals surface area contributed by atoms with E-state index in [2.05, 4.69) is 15.8 Å². The Hall–Kier alpha value is -1.45. The fourth-order valence-corrected chi connectivity index (χ4v) is 0.725. The first-order valence-electron chi connectivity index (χ1n) is 2.61. The number of nitrogens with one attached hydrogen (secondary N) is 1. The summed E-state index contributed by atoms with van der Waals surface area (Å²) in [5.41, 5.74) is 2.69. The Labute approximate surface area is 52.5 Å². The van der Waals surface area contributed by atoms with Gasteiger partial charge in [0.1, 0.15) is 6.34 Å². The van der Waals surface area contributed by atoms with Gasteiger partial charge in [0.25, 0.3) is 0 Å². The summed E-state index contributed by atoms with van der Waals surface area (Å²) < 4.78 is 0. The molecule has 0 saturated heterocycles. The van der Waals surface area contributed by atoms with E-state index in [-0.39, 0.29) is 0 Å². The van der Waals surface area contributed by atoms with Crippen molar-refractivity contribution in [2.24, 2.45) is 5.10 Å². The highest BCUT2D eigenvalue weighted by Crippen LogP contribution is 2.08. The fourth-order valence-electron chi connectivity index (χ4n) is 0.725. The van der Waals surface area contributed by atoms with Gasteiger partial charge in [-0.25, -0.2) is 5.32 Å². The standard InChI is InChI=1S/C5H5N4/c1-2-9-4-8-7-3-5(9)6-1/h1-4,7H. The molecule has 0 atom stereocenters. The third kappa shape index (κ3) is 0.561. The van der Waals surface area contributed by atoms with Crippen LogP contribution in [0.25, 0.3) is 0 Å². The van der Waals surface area contributed by atoms with E-state index in [9.17, 15) is 0 Å². The van der Waals surface area contributed by atoms with E-state index in [0.717, 1.165) is 5.82 Å². The molecule has 1 radical (unpaired) electrons. The van der Waals surface area contributed by atoms with Crippen LogP contribution in [0, 0.1) is 0 Å². The molecule has 0 spiro atoms. The third-order valence-corrected chi connectivity index (χ3v) is 1.15. The number of hydrogen-bond donors (Lipinski definition) is 1. The first kappa shape index (κ1) is 4.43. The first-order chi connectivity index (χ1) is 4.47. The maximum atomic E-state index is 4.01. The number of nitrogens with zero attached hydrogens (tertiary/aromatic N) is 3. The molecule has 2 rings (SSSR count). The van der Waals surface area contributed by atoms with E-state index >= 15 is 0 Å². The second kappa shape index (κ2) is 1.51. The Bertz CT molecular complexity index is 203. The van der Waals surface area contributed by atoms with E-state index < -0.39 is 0 Å². The van der Waals surface area contributed by atoms with Gasteiger partial charge in [-0.2, -0.15) is 5.10 Å². The predicted octanol–water partition coefficient (Wildman–Crippen LogP) is -0.277. The van der Waals surface area contributed by atoms with Crippen LogP contribution in [0.15, 0.2) is 29.5 Å². The van der Waals surface area contributed by atoms with E-state index in [4.69, 9.17) is 0 Å². The highest BCUT2D eigenvalue weighted by molar-refractivity contribution is 5.61. The van der Waals surface area contributed by atoms with Crippen LogP contribution in [0.5, 0.6) is 0 Å². The normalized spacial score (nSPS) is 20.4. The number of hydrazone groups is 1. The van der Waals surface area contributed by atoms with Gasteiger partial charge in [0.2, 0.25) is 0 Å². The summed E-state index contributed by atoms with van der Waals surface area (Å²) in [6, 6.07) is 0. The lowest BCUT2D eigenvalue weighted by molar-refractivity contribution is 0.651. The van der Waals surface area contributed by atoms with Gasteiger partial charge in [0.15, 0.2) is 5.82 Å². The lowest BCUT2D eigenvalue weighted by Gasteiger charge is -2.12. The second-order valence-corrected chi connectivity index (χ2v) is 1.71. The smallest absolute Gasteiger partial charge is 0.155 e. The van der Waals surface area contributed by atoms with Gasteiger partial charge < -0.3 is 0 Å². The molecule has 4 nitrogen and oxygen atoms in total. The summed E-state index contributed by atoms with van der Waals surface area (Å²) in [7, 11) is 0. The van der Waals surface area contributed by atoms with Crippen molar-refractivity contribution in [3.8, 4) is 0 Å². The van der Waals surface area contributed by atoms with Gasteiger partial charge in [-0.15, -0.1) is 0 Å². The molecule has 1 N–H and O–H groups in total. The topological polar surface area (TPSA) is 41.7 Å². The molecule has 2 aliphatic heterocycles. The van der Waals surface area contributed by atoms with Crippen LogP contribution in [-0.2, 0) is 0 Å². The lowest BCUT2D eigenvalue weighted by atomic mass is 10.6. The largest absolute Gasteiger partial charge is 0.288 e. The van der Waals surface area contributed by atoms with Crippen LogP contribution in [0.3, 0.4) is 0 Å². The molecular formula is C5H5N4. The van der Waals surface area contributed by atoms with Crippen LogP contribution >= 0.6 is 0 Å². The van der Waals surface area contributed by atoms with Crippen molar-refractivity contribution < 1.29 is 0 Å². The van der Waals surface area contributed by atoms with Gasteiger partial charge in [0.05, 0.1) is 6.20 Å². The quantitative estimate of drug-likeness (QED) is 0.479. The van der Waals surface area contributed by atoms with Crippen molar-refractivity contribution in [2.75, 3.05) is 0 Å². The average Bonchev–Trinajstić information content (AvgIpc) is 2.33. The third-order valence-electron chi connectivity index (χ3n) is 1.15. The molecule has 4 heteroatoms. The van der Waals surface area contributed by atoms with E-state index in [1.807, 2.05) is 11.1 Å². The van der Waals surface area contributed by atoms with Gasteiger partial charge in [-0.3, -0.25) is 10.3 Å². The Balaban J connectivity index is 2.29. The van der Waals surface area contributed by atoms with Gasteiger partial charge in [0, 0.05) is 12.4 Å². The van der Waals surface area contributed by atoms with Crippen LogP contribution in [0.2, 0.25) is 0 Å². The molecule has 0 aromatic carbocycles. The molecule has 45 valence electrons. The summed E-state index contributed by atoms with van der Waals surface area (Å²) in [4.78, 5) is 1.83. The fraction of sp³-hybridized carbons (Fsp3) is 0.